The fraction of sp³-hybridized carbons (Fsp3) is 0.368. The van der Waals surface area contributed by atoms with Crippen LogP contribution in [-0.4, -0.2) is 24.1 Å². The first-order chi connectivity index (χ1) is 12.2. The van der Waals surface area contributed by atoms with E-state index in [2.05, 4.69) is 11.4 Å². The van der Waals surface area contributed by atoms with Gasteiger partial charge in [-0.25, -0.2) is 0 Å². The van der Waals surface area contributed by atoms with Gasteiger partial charge in [0.05, 0.1) is 28.0 Å². The summed E-state index contributed by atoms with van der Waals surface area (Å²) in [5, 5.41) is 21.3. The molecule has 1 aliphatic rings. The van der Waals surface area contributed by atoms with Crippen molar-refractivity contribution < 1.29 is 9.59 Å². The third-order valence-corrected chi connectivity index (χ3v) is 5.55. The molecule has 1 aliphatic heterocycles. The summed E-state index contributed by atoms with van der Waals surface area (Å²) in [5.41, 5.74) is 0.162. The summed E-state index contributed by atoms with van der Waals surface area (Å²) in [6, 6.07) is 13.3. The topological polar surface area (TPSA) is 97.0 Å². The van der Waals surface area contributed by atoms with Crippen molar-refractivity contribution in [1.29, 1.82) is 10.5 Å². The average molecular weight is 368 g/mol. The average Bonchev–Trinajstić information content (AvgIpc) is 2.60. The summed E-state index contributed by atoms with van der Waals surface area (Å²) >= 11 is 1.13. The van der Waals surface area contributed by atoms with E-state index in [1.54, 1.807) is 27.8 Å². The molecule has 0 fully saturated rings. The van der Waals surface area contributed by atoms with E-state index in [4.69, 9.17) is 0 Å². The lowest BCUT2D eigenvalue weighted by Crippen LogP contribution is -2.45. The van der Waals surface area contributed by atoms with Crippen LogP contribution >= 0.6 is 11.8 Å². The lowest BCUT2D eigenvalue weighted by molar-refractivity contribution is -0.125. The minimum Gasteiger partial charge on any atom is -0.319 e. The minimum atomic E-state index is -0.945. The van der Waals surface area contributed by atoms with Crippen molar-refractivity contribution in [1.82, 2.24) is 5.32 Å². The molecule has 2 rings (SSSR count). The molecule has 26 heavy (non-hydrogen) atoms. The van der Waals surface area contributed by atoms with Gasteiger partial charge in [0.15, 0.2) is 0 Å². The summed E-state index contributed by atoms with van der Waals surface area (Å²) in [7, 11) is 1.68. The van der Waals surface area contributed by atoms with Crippen molar-refractivity contribution >= 4 is 29.3 Å². The number of nitrogens with zero attached hydrogens (tertiary/aromatic N) is 3. The molecular formula is C19H20N4O2S. The van der Waals surface area contributed by atoms with Gasteiger partial charge in [0.25, 0.3) is 0 Å². The molecule has 1 heterocycles. The third kappa shape index (κ3) is 3.58. The zero-order valence-electron chi connectivity index (χ0n) is 15.1. The molecule has 134 valence electrons. The number of hydrogen-bond donors (Lipinski definition) is 1. The molecule has 6 nitrogen and oxygen atoms in total. The molecule has 2 atom stereocenters. The Morgan fingerprint density at radius 1 is 1.31 bits per heavy atom. The van der Waals surface area contributed by atoms with E-state index in [-0.39, 0.29) is 5.91 Å². The number of amides is 2. The number of carbonyl (C=O) groups excluding carboxylic acids is 2. The maximum Gasteiger partial charge on any atom is 0.243 e. The van der Waals surface area contributed by atoms with E-state index >= 15 is 0 Å². The third-order valence-electron chi connectivity index (χ3n) is 4.45. The number of para-hydroxylation sites is 1. The Morgan fingerprint density at radius 2 is 1.92 bits per heavy atom. The number of rotatable bonds is 4. The Balaban J connectivity index is 2.27. The molecule has 7 heteroatoms. The van der Waals surface area contributed by atoms with E-state index in [0.29, 0.717) is 10.6 Å². The van der Waals surface area contributed by atoms with Crippen molar-refractivity contribution in [3.8, 4) is 12.1 Å². The monoisotopic (exact) mass is 368 g/mol. The maximum absolute atomic E-state index is 12.7. The highest BCUT2D eigenvalue weighted by molar-refractivity contribution is 8.04. The van der Waals surface area contributed by atoms with Crippen molar-refractivity contribution in [2.45, 2.75) is 26.0 Å². The molecule has 0 unspecified atom stereocenters. The zero-order valence-corrected chi connectivity index (χ0v) is 15.9. The summed E-state index contributed by atoms with van der Waals surface area (Å²) in [6.45, 7) is 5.12. The van der Waals surface area contributed by atoms with E-state index < -0.39 is 22.5 Å². The standard InChI is InChI=1S/C19H20N4O2S/c1-12(18(25)23(4)13-8-6-5-7-9-13)26-17-15(11-21)19(2,3)14(10-20)16(24)22-17/h5-9,12,14H,1-4H3,(H,22,24)/t12-,14-/m0/s1. The number of benzene rings is 1. The number of hydrogen-bond acceptors (Lipinski definition) is 5. The van der Waals surface area contributed by atoms with Gasteiger partial charge in [-0.15, -0.1) is 0 Å². The zero-order chi connectivity index (χ0) is 19.5. The second kappa shape index (κ2) is 7.63. The molecule has 1 aromatic carbocycles. The van der Waals surface area contributed by atoms with Gasteiger partial charge in [-0.1, -0.05) is 43.8 Å². The molecule has 2 amide bonds. The lowest BCUT2D eigenvalue weighted by atomic mass is 9.72. The van der Waals surface area contributed by atoms with Crippen LogP contribution in [0.1, 0.15) is 20.8 Å². The fourth-order valence-corrected chi connectivity index (χ4v) is 3.99. The Kier molecular flexibility index (Phi) is 5.74. The van der Waals surface area contributed by atoms with Crippen molar-refractivity contribution in [2.24, 2.45) is 11.3 Å². The van der Waals surface area contributed by atoms with Crippen LogP contribution in [0.25, 0.3) is 0 Å². The molecule has 0 aliphatic carbocycles. The second-order valence-corrected chi connectivity index (χ2v) is 7.93. The molecule has 1 aromatic rings. The van der Waals surface area contributed by atoms with Crippen molar-refractivity contribution in [3.63, 3.8) is 0 Å². The Hall–Kier alpha value is -2.77. The lowest BCUT2D eigenvalue weighted by Gasteiger charge is -2.35. The van der Waals surface area contributed by atoms with E-state index in [1.807, 2.05) is 36.4 Å². The van der Waals surface area contributed by atoms with Gasteiger partial charge in [-0.2, -0.15) is 10.5 Å². The van der Waals surface area contributed by atoms with E-state index in [0.717, 1.165) is 17.4 Å². The highest BCUT2D eigenvalue weighted by Gasteiger charge is 2.45. The van der Waals surface area contributed by atoms with E-state index in [9.17, 15) is 20.1 Å². The summed E-state index contributed by atoms with van der Waals surface area (Å²) in [6.07, 6.45) is 0. The van der Waals surface area contributed by atoms with Crippen LogP contribution in [0.15, 0.2) is 40.9 Å². The minimum absolute atomic E-state index is 0.152. The van der Waals surface area contributed by atoms with Crippen LogP contribution in [0.2, 0.25) is 0 Å². The van der Waals surface area contributed by atoms with Crippen molar-refractivity contribution in [3.05, 3.63) is 40.9 Å². The van der Waals surface area contributed by atoms with Gasteiger partial charge in [0, 0.05) is 18.2 Å². The predicted octanol–water partition coefficient (Wildman–Crippen LogP) is 2.80. The first kappa shape index (κ1) is 19.6. The summed E-state index contributed by atoms with van der Waals surface area (Å²) < 4.78 is 0. The van der Waals surface area contributed by atoms with Crippen LogP contribution in [0.5, 0.6) is 0 Å². The first-order valence-electron chi connectivity index (χ1n) is 8.08. The smallest absolute Gasteiger partial charge is 0.243 e. The Bertz CT molecular complexity index is 833. The number of carbonyl (C=O) groups is 2. The van der Waals surface area contributed by atoms with Crippen LogP contribution in [0, 0.1) is 34.0 Å². The molecule has 0 radical (unpaired) electrons. The number of anilines is 1. The van der Waals surface area contributed by atoms with Crippen molar-refractivity contribution in [2.75, 3.05) is 11.9 Å². The van der Waals surface area contributed by atoms with Crippen LogP contribution in [0.3, 0.4) is 0 Å². The molecule has 0 bridgehead atoms. The molecule has 0 saturated carbocycles. The SMILES string of the molecule is C[C@H](SC1=C(C#N)C(C)(C)[C@@H](C#N)C(=O)N1)C(=O)N(C)c1ccccc1. The van der Waals surface area contributed by atoms with Gasteiger partial charge >= 0.3 is 0 Å². The molecule has 0 aromatic heterocycles. The molecule has 0 spiro atoms. The molecular weight excluding hydrogens is 348 g/mol. The number of thioether (sulfide) groups is 1. The van der Waals surface area contributed by atoms with Crippen LogP contribution in [-0.2, 0) is 9.59 Å². The van der Waals surface area contributed by atoms with Gasteiger partial charge < -0.3 is 10.2 Å². The van der Waals surface area contributed by atoms with E-state index in [1.165, 1.54) is 4.90 Å². The summed E-state index contributed by atoms with van der Waals surface area (Å²) in [5.74, 6) is -1.55. The van der Waals surface area contributed by atoms with Crippen LogP contribution < -0.4 is 10.2 Å². The quantitative estimate of drug-likeness (QED) is 0.881. The van der Waals surface area contributed by atoms with Gasteiger partial charge in [0.2, 0.25) is 11.8 Å². The largest absolute Gasteiger partial charge is 0.319 e. The molecule has 0 saturated heterocycles. The van der Waals surface area contributed by atoms with Gasteiger partial charge in [-0.3, -0.25) is 9.59 Å². The second-order valence-electron chi connectivity index (χ2n) is 6.58. The number of nitrogens with one attached hydrogen (secondary N) is 1. The number of nitriles is 2. The van der Waals surface area contributed by atoms with Gasteiger partial charge in [-0.05, 0) is 19.1 Å². The highest BCUT2D eigenvalue weighted by atomic mass is 32.2. The van der Waals surface area contributed by atoms with Crippen LogP contribution in [0.4, 0.5) is 5.69 Å². The Labute approximate surface area is 157 Å². The summed E-state index contributed by atoms with van der Waals surface area (Å²) in [4.78, 5) is 26.5. The Morgan fingerprint density at radius 3 is 2.46 bits per heavy atom. The number of allylic oxidation sites excluding steroid dienone is 1. The maximum atomic E-state index is 12.7. The first-order valence-corrected chi connectivity index (χ1v) is 8.96. The normalized spacial score (nSPS) is 19.8. The van der Waals surface area contributed by atoms with Gasteiger partial charge in [0.1, 0.15) is 5.92 Å². The fourth-order valence-electron chi connectivity index (χ4n) is 2.79. The highest BCUT2D eigenvalue weighted by Crippen LogP contribution is 2.42. The molecule has 1 N–H and O–H groups in total. The predicted molar refractivity (Wildman–Crippen MR) is 101 cm³/mol.